The molecule has 1 saturated heterocycles. The second-order valence-corrected chi connectivity index (χ2v) is 4.67. The van der Waals surface area contributed by atoms with Crippen LogP contribution in [0.1, 0.15) is 6.92 Å². The number of hydrogen-bond acceptors (Lipinski definition) is 7. The Kier molecular flexibility index (Phi) is 7.43. The third kappa shape index (κ3) is 6.16. The predicted molar refractivity (Wildman–Crippen MR) is 75.5 cm³/mol. The highest BCUT2D eigenvalue weighted by molar-refractivity contribution is 5.71. The maximum atomic E-state index is 10.6. The van der Waals surface area contributed by atoms with Gasteiger partial charge < -0.3 is 25.1 Å². The molecular weight excluding hydrogens is 296 g/mol. The fourth-order valence-corrected chi connectivity index (χ4v) is 1.71. The Balaban J connectivity index is 0.000000346. The number of rotatable bonds is 5. The van der Waals surface area contributed by atoms with Crippen LogP contribution in [0.25, 0.3) is 0 Å². The summed E-state index contributed by atoms with van der Waals surface area (Å²) >= 11 is 0. The monoisotopic (exact) mass is 316 g/mol. The van der Waals surface area contributed by atoms with Crippen LogP contribution < -0.4 is 0 Å². The molecular formula is C12H20N4O6. The van der Waals surface area contributed by atoms with Crippen molar-refractivity contribution in [3.8, 4) is 0 Å². The van der Waals surface area contributed by atoms with Gasteiger partial charge in [0.25, 0.3) is 0 Å². The van der Waals surface area contributed by atoms with Crippen molar-refractivity contribution >= 4 is 11.8 Å². The van der Waals surface area contributed by atoms with E-state index in [0.717, 1.165) is 32.8 Å². The second kappa shape index (κ2) is 9.07. The van der Waals surface area contributed by atoms with Gasteiger partial charge in [0.05, 0.1) is 13.2 Å². The van der Waals surface area contributed by atoms with E-state index in [9.17, 15) is 14.9 Å². The van der Waals surface area contributed by atoms with E-state index in [4.69, 9.17) is 14.9 Å². The average molecular weight is 316 g/mol. The van der Waals surface area contributed by atoms with Gasteiger partial charge in [-0.3, -0.25) is 4.90 Å². The van der Waals surface area contributed by atoms with Gasteiger partial charge in [-0.15, -0.1) is 0 Å². The molecule has 1 aliphatic heterocycles. The Morgan fingerprint density at radius 3 is 2.59 bits per heavy atom. The first-order valence-corrected chi connectivity index (χ1v) is 6.77. The number of hydrogen-bond donors (Lipinski definition) is 2. The predicted octanol–water partition coefficient (Wildman–Crippen LogP) is -0.425. The van der Waals surface area contributed by atoms with Gasteiger partial charge in [-0.2, -0.15) is 0 Å². The van der Waals surface area contributed by atoms with Crippen molar-refractivity contribution in [2.45, 2.75) is 19.6 Å². The SMILES string of the molecule is CC(O)C(=O)O.O=[N+]([O-])c1cncn1CCN1CCOCC1. The summed E-state index contributed by atoms with van der Waals surface area (Å²) < 4.78 is 6.79. The van der Waals surface area contributed by atoms with Crippen molar-refractivity contribution in [2.75, 3.05) is 32.8 Å². The normalized spacial score (nSPS) is 16.5. The van der Waals surface area contributed by atoms with Crippen LogP contribution in [0.2, 0.25) is 0 Å². The first-order valence-electron chi connectivity index (χ1n) is 6.77. The van der Waals surface area contributed by atoms with Crippen LogP contribution in [-0.4, -0.2) is 74.5 Å². The summed E-state index contributed by atoms with van der Waals surface area (Å²) in [6.07, 6.45) is 1.54. The first-order chi connectivity index (χ1) is 10.4. The zero-order valence-corrected chi connectivity index (χ0v) is 12.3. The summed E-state index contributed by atoms with van der Waals surface area (Å²) in [5.41, 5.74) is 0. The fourth-order valence-electron chi connectivity index (χ4n) is 1.71. The Morgan fingerprint density at radius 1 is 1.50 bits per heavy atom. The number of morpholine rings is 1. The van der Waals surface area contributed by atoms with Crippen LogP contribution in [0, 0.1) is 10.1 Å². The molecule has 0 radical (unpaired) electrons. The molecule has 2 N–H and O–H groups in total. The number of aromatic nitrogens is 2. The lowest BCUT2D eigenvalue weighted by atomic mass is 10.4. The molecule has 1 fully saturated rings. The van der Waals surface area contributed by atoms with Crippen molar-refractivity contribution in [3.63, 3.8) is 0 Å². The molecule has 22 heavy (non-hydrogen) atoms. The zero-order valence-electron chi connectivity index (χ0n) is 12.3. The van der Waals surface area contributed by atoms with E-state index in [1.54, 1.807) is 4.57 Å². The smallest absolute Gasteiger partial charge is 0.342 e. The Labute approximate surface area is 127 Å². The van der Waals surface area contributed by atoms with Crippen molar-refractivity contribution in [1.29, 1.82) is 0 Å². The molecule has 0 aliphatic carbocycles. The van der Waals surface area contributed by atoms with Crippen LogP contribution in [0.15, 0.2) is 12.5 Å². The largest absolute Gasteiger partial charge is 0.479 e. The van der Waals surface area contributed by atoms with Crippen molar-refractivity contribution in [2.24, 2.45) is 0 Å². The summed E-state index contributed by atoms with van der Waals surface area (Å²) in [6, 6.07) is 0. The quantitative estimate of drug-likeness (QED) is 0.553. The highest BCUT2D eigenvalue weighted by Gasteiger charge is 2.15. The molecule has 0 saturated carbocycles. The van der Waals surface area contributed by atoms with E-state index in [1.165, 1.54) is 19.4 Å². The molecule has 1 atom stereocenters. The number of imidazole rings is 1. The van der Waals surface area contributed by atoms with Crippen molar-refractivity contribution in [3.05, 3.63) is 22.6 Å². The Hall–Kier alpha value is -2.04. The van der Waals surface area contributed by atoms with E-state index in [0.29, 0.717) is 6.54 Å². The number of nitro groups is 1. The average Bonchev–Trinajstić information content (AvgIpc) is 2.95. The molecule has 0 bridgehead atoms. The summed E-state index contributed by atoms with van der Waals surface area (Å²) in [5, 5.41) is 26.4. The topological polar surface area (TPSA) is 131 Å². The van der Waals surface area contributed by atoms with Gasteiger partial charge in [0.1, 0.15) is 18.8 Å². The van der Waals surface area contributed by atoms with E-state index in [2.05, 4.69) is 9.88 Å². The number of aliphatic hydroxyl groups excluding tert-OH is 1. The standard InChI is InChI=1S/C9H14N4O3.C3H6O3/c14-13(15)9-7-10-8-12(9)2-1-11-3-5-16-6-4-11;1-2(4)3(5)6/h7-8H,1-6H2;2,4H,1H3,(H,5,6). The summed E-state index contributed by atoms with van der Waals surface area (Å²) in [5.74, 6) is -1.14. The Bertz CT molecular complexity index is 484. The number of carboxylic acids is 1. The van der Waals surface area contributed by atoms with Gasteiger partial charge >= 0.3 is 11.8 Å². The number of aliphatic hydroxyl groups is 1. The molecule has 1 unspecified atom stereocenters. The van der Waals surface area contributed by atoms with E-state index in [1.807, 2.05) is 0 Å². The van der Waals surface area contributed by atoms with Crippen LogP contribution in [0.4, 0.5) is 5.82 Å². The van der Waals surface area contributed by atoms with Crippen molar-refractivity contribution < 1.29 is 24.7 Å². The first kappa shape index (κ1) is 18.0. The minimum absolute atomic E-state index is 0.0493. The number of carboxylic acid groups (broad SMARTS) is 1. The minimum Gasteiger partial charge on any atom is -0.479 e. The zero-order chi connectivity index (χ0) is 16.5. The second-order valence-electron chi connectivity index (χ2n) is 4.67. The third-order valence-corrected chi connectivity index (χ3v) is 3.00. The molecule has 1 aliphatic rings. The lowest BCUT2D eigenvalue weighted by molar-refractivity contribution is -0.392. The lowest BCUT2D eigenvalue weighted by Gasteiger charge is -2.25. The molecule has 2 heterocycles. The van der Waals surface area contributed by atoms with Crippen LogP contribution in [0.5, 0.6) is 0 Å². The molecule has 1 aromatic rings. The molecule has 10 nitrogen and oxygen atoms in total. The van der Waals surface area contributed by atoms with Crippen molar-refractivity contribution in [1.82, 2.24) is 14.5 Å². The number of aliphatic carboxylic acids is 1. The van der Waals surface area contributed by atoms with Gasteiger partial charge in [0.2, 0.25) is 0 Å². The highest BCUT2D eigenvalue weighted by Crippen LogP contribution is 2.09. The summed E-state index contributed by atoms with van der Waals surface area (Å²) in [4.78, 5) is 25.7. The number of carbonyl (C=O) groups is 1. The van der Waals surface area contributed by atoms with E-state index in [-0.39, 0.29) is 5.82 Å². The fraction of sp³-hybridized carbons (Fsp3) is 0.667. The van der Waals surface area contributed by atoms with Gasteiger partial charge in [0.15, 0.2) is 6.33 Å². The van der Waals surface area contributed by atoms with E-state index < -0.39 is 17.0 Å². The van der Waals surface area contributed by atoms with Crippen LogP contribution in [-0.2, 0) is 16.1 Å². The number of ether oxygens (including phenoxy) is 1. The van der Waals surface area contributed by atoms with E-state index >= 15 is 0 Å². The molecule has 124 valence electrons. The van der Waals surface area contributed by atoms with Gasteiger partial charge in [-0.25, -0.2) is 14.3 Å². The van der Waals surface area contributed by atoms with Crippen LogP contribution in [0.3, 0.4) is 0 Å². The van der Waals surface area contributed by atoms with Gasteiger partial charge in [-0.05, 0) is 11.8 Å². The number of nitrogens with zero attached hydrogens (tertiary/aromatic N) is 4. The molecule has 0 aromatic carbocycles. The third-order valence-electron chi connectivity index (χ3n) is 3.00. The molecule has 2 rings (SSSR count). The summed E-state index contributed by atoms with van der Waals surface area (Å²) in [7, 11) is 0. The maximum Gasteiger partial charge on any atom is 0.342 e. The molecule has 0 amide bonds. The molecule has 10 heteroatoms. The van der Waals surface area contributed by atoms with Gasteiger partial charge in [0, 0.05) is 19.6 Å². The minimum atomic E-state index is -1.23. The summed E-state index contributed by atoms with van der Waals surface area (Å²) in [6.45, 7) is 5.85. The highest BCUT2D eigenvalue weighted by atomic mass is 16.6. The molecule has 1 aromatic heterocycles. The Morgan fingerprint density at radius 2 is 2.09 bits per heavy atom. The lowest BCUT2D eigenvalue weighted by Crippen LogP contribution is -2.38. The maximum absolute atomic E-state index is 10.6. The van der Waals surface area contributed by atoms with Gasteiger partial charge in [-0.1, -0.05) is 0 Å². The molecule has 0 spiro atoms. The van der Waals surface area contributed by atoms with Crippen LogP contribution >= 0.6 is 0 Å².